The smallest absolute Gasteiger partial charge is 0.314 e. The molecular weight excluding hydrogens is 268 g/mol. The van der Waals surface area contributed by atoms with E-state index in [0.717, 1.165) is 0 Å². The molecule has 0 heterocycles. The summed E-state index contributed by atoms with van der Waals surface area (Å²) < 4.78 is 0. The molecule has 0 amide bonds. The fourth-order valence-electron chi connectivity index (χ4n) is 0.245. The Morgan fingerprint density at radius 3 is 0.895 bits per heavy atom. The van der Waals surface area contributed by atoms with Crippen molar-refractivity contribution >= 4 is 11.9 Å². The summed E-state index contributed by atoms with van der Waals surface area (Å²) in [5.74, 6) is -2.62. The Morgan fingerprint density at radius 1 is 0.684 bits per heavy atom. The number of rotatable bonds is 6. The molecule has 0 aromatic carbocycles. The zero-order chi connectivity index (χ0) is 15.8. The summed E-state index contributed by atoms with van der Waals surface area (Å²) in [5.41, 5.74) is 0. The average Bonchev–Trinajstić information content (AvgIpc) is 2.36. The lowest BCUT2D eigenvalue weighted by Gasteiger charge is -1.96. The minimum absolute atomic E-state index is 0.365. The van der Waals surface area contributed by atoms with Crippen LogP contribution in [0.3, 0.4) is 0 Å². The van der Waals surface area contributed by atoms with E-state index in [0.29, 0.717) is 0 Å². The molecule has 0 bridgehead atoms. The lowest BCUT2D eigenvalue weighted by Crippen LogP contribution is -2.15. The Hall–Kier alpha value is -1.30. The molecule has 0 aromatic rings. The molecule has 0 aliphatic heterocycles. The molecule has 8 N–H and O–H groups in total. The summed E-state index contributed by atoms with van der Waals surface area (Å²) in [6.07, 6.45) is -2.71. The molecule has 0 aliphatic carbocycles. The van der Waals surface area contributed by atoms with Crippen molar-refractivity contribution in [1.29, 1.82) is 0 Å². The molecular formula is C9H20O10. The second kappa shape index (κ2) is 16.7. The highest BCUT2D eigenvalue weighted by molar-refractivity contribution is 5.88. The Balaban J connectivity index is -0.000000203. The van der Waals surface area contributed by atoms with E-state index in [2.05, 4.69) is 0 Å². The fraction of sp³-hybridized carbons (Fsp3) is 0.778. The van der Waals surface area contributed by atoms with Crippen LogP contribution in [0.15, 0.2) is 0 Å². The Morgan fingerprint density at radius 2 is 0.895 bits per heavy atom. The van der Waals surface area contributed by atoms with Gasteiger partial charge < -0.3 is 40.9 Å². The molecule has 116 valence electrons. The van der Waals surface area contributed by atoms with Gasteiger partial charge in [0.25, 0.3) is 0 Å². The van der Waals surface area contributed by atoms with Crippen molar-refractivity contribution in [2.45, 2.75) is 18.6 Å². The summed E-state index contributed by atoms with van der Waals surface area (Å²) in [7, 11) is 0. The number of carbonyl (C=O) groups is 2. The summed E-state index contributed by atoms with van der Waals surface area (Å²) in [6, 6.07) is 0. The van der Waals surface area contributed by atoms with Crippen LogP contribution in [0.1, 0.15) is 6.42 Å². The normalized spacial score (nSPS) is 9.26. The van der Waals surface area contributed by atoms with E-state index in [1.54, 1.807) is 0 Å². The quantitative estimate of drug-likeness (QED) is 0.224. The van der Waals surface area contributed by atoms with Crippen molar-refractivity contribution < 1.29 is 50.4 Å². The minimum atomic E-state index is -1.31. The summed E-state index contributed by atoms with van der Waals surface area (Å²) in [5, 5.41) is 63.4. The van der Waals surface area contributed by atoms with Gasteiger partial charge in [-0.3, -0.25) is 9.59 Å². The van der Waals surface area contributed by atoms with Crippen molar-refractivity contribution in [3.8, 4) is 0 Å². The van der Waals surface area contributed by atoms with Crippen LogP contribution >= 0.6 is 0 Å². The van der Waals surface area contributed by atoms with E-state index in [1.165, 1.54) is 0 Å². The third-order valence-electron chi connectivity index (χ3n) is 1.15. The maximum absolute atomic E-state index is 9.43. The molecule has 19 heavy (non-hydrogen) atoms. The Kier molecular flexibility index (Phi) is 20.1. The van der Waals surface area contributed by atoms with Crippen molar-refractivity contribution in [3.63, 3.8) is 0 Å². The molecule has 0 aliphatic rings. The van der Waals surface area contributed by atoms with Crippen LogP contribution in [0.2, 0.25) is 0 Å². The van der Waals surface area contributed by atoms with Gasteiger partial charge in [0.15, 0.2) is 0 Å². The number of carboxylic acids is 2. The largest absolute Gasteiger partial charge is 0.481 e. The summed E-state index contributed by atoms with van der Waals surface area (Å²) in [4.78, 5) is 18.9. The SMILES string of the molecule is O=C(O)CC(=O)O.OCC(O)CO.OCC(O)CO. The molecule has 0 saturated heterocycles. The van der Waals surface area contributed by atoms with Gasteiger partial charge in [-0.25, -0.2) is 0 Å². The second-order valence-corrected chi connectivity index (χ2v) is 3.00. The Bertz CT molecular complexity index is 189. The predicted molar refractivity (Wildman–Crippen MR) is 60.2 cm³/mol. The lowest BCUT2D eigenvalue weighted by molar-refractivity contribution is -0.147. The number of hydrogen-bond donors (Lipinski definition) is 8. The van der Waals surface area contributed by atoms with E-state index in [-0.39, 0.29) is 26.4 Å². The third-order valence-corrected chi connectivity index (χ3v) is 1.15. The van der Waals surface area contributed by atoms with Crippen LogP contribution in [0, 0.1) is 0 Å². The van der Waals surface area contributed by atoms with Gasteiger partial charge in [0.05, 0.1) is 26.4 Å². The lowest BCUT2D eigenvalue weighted by atomic mass is 10.4. The van der Waals surface area contributed by atoms with Gasteiger partial charge >= 0.3 is 11.9 Å². The highest BCUT2D eigenvalue weighted by Gasteiger charge is 2.01. The molecule has 0 radical (unpaired) electrons. The maximum Gasteiger partial charge on any atom is 0.314 e. The van der Waals surface area contributed by atoms with Crippen LogP contribution < -0.4 is 0 Å². The number of hydrogen-bond acceptors (Lipinski definition) is 8. The van der Waals surface area contributed by atoms with E-state index < -0.39 is 30.6 Å². The van der Waals surface area contributed by atoms with Crippen LogP contribution in [-0.2, 0) is 9.59 Å². The van der Waals surface area contributed by atoms with Crippen molar-refractivity contribution in [2.24, 2.45) is 0 Å². The highest BCUT2D eigenvalue weighted by atomic mass is 16.4. The maximum atomic E-state index is 9.43. The molecule has 0 fully saturated rings. The Labute approximate surface area is 108 Å². The summed E-state index contributed by atoms with van der Waals surface area (Å²) >= 11 is 0. The highest BCUT2D eigenvalue weighted by Crippen LogP contribution is 1.74. The molecule has 10 heteroatoms. The van der Waals surface area contributed by atoms with Gasteiger partial charge in [0, 0.05) is 0 Å². The number of aliphatic hydroxyl groups is 6. The fourth-order valence-corrected chi connectivity index (χ4v) is 0.245. The first-order valence-corrected chi connectivity index (χ1v) is 4.98. The molecule has 0 spiro atoms. The molecule has 0 rings (SSSR count). The van der Waals surface area contributed by atoms with Crippen LogP contribution in [0.4, 0.5) is 0 Å². The molecule has 0 atom stereocenters. The monoisotopic (exact) mass is 288 g/mol. The molecule has 0 unspecified atom stereocenters. The van der Waals surface area contributed by atoms with Crippen molar-refractivity contribution in [2.75, 3.05) is 26.4 Å². The zero-order valence-corrected chi connectivity index (χ0v) is 10.1. The van der Waals surface area contributed by atoms with Gasteiger partial charge in [-0.2, -0.15) is 0 Å². The first kappa shape index (κ1) is 22.8. The third kappa shape index (κ3) is 31.5. The zero-order valence-electron chi connectivity index (χ0n) is 10.1. The second-order valence-electron chi connectivity index (χ2n) is 3.00. The standard InChI is InChI=1S/C3H4O4.2C3H8O3/c4-2(5)1-3(6)7;2*4-1-3(6)2-5/h1H2,(H,4,5)(H,6,7);2*3-6H,1-2H2. The van der Waals surface area contributed by atoms with Crippen molar-refractivity contribution in [3.05, 3.63) is 0 Å². The van der Waals surface area contributed by atoms with Gasteiger partial charge in [0.1, 0.15) is 18.6 Å². The molecule has 0 aromatic heterocycles. The topological polar surface area (TPSA) is 196 Å². The van der Waals surface area contributed by atoms with Crippen LogP contribution in [0.25, 0.3) is 0 Å². The number of carboxylic acid groups (broad SMARTS) is 2. The predicted octanol–water partition coefficient (Wildman–Crippen LogP) is -3.79. The van der Waals surface area contributed by atoms with E-state index in [4.69, 9.17) is 40.9 Å². The van der Waals surface area contributed by atoms with Crippen LogP contribution in [-0.4, -0.2) is 91.4 Å². The van der Waals surface area contributed by atoms with Gasteiger partial charge in [0.2, 0.25) is 0 Å². The summed E-state index contributed by atoms with van der Waals surface area (Å²) in [6.45, 7) is -1.46. The molecule has 0 saturated carbocycles. The van der Waals surface area contributed by atoms with Gasteiger partial charge in [-0.05, 0) is 0 Å². The molecule has 10 nitrogen and oxygen atoms in total. The van der Waals surface area contributed by atoms with E-state index >= 15 is 0 Å². The minimum Gasteiger partial charge on any atom is -0.481 e. The van der Waals surface area contributed by atoms with Gasteiger partial charge in [-0.1, -0.05) is 0 Å². The van der Waals surface area contributed by atoms with E-state index in [9.17, 15) is 9.59 Å². The van der Waals surface area contributed by atoms with Crippen LogP contribution in [0.5, 0.6) is 0 Å². The van der Waals surface area contributed by atoms with Crippen molar-refractivity contribution in [1.82, 2.24) is 0 Å². The van der Waals surface area contributed by atoms with Gasteiger partial charge in [-0.15, -0.1) is 0 Å². The average molecular weight is 288 g/mol. The first-order valence-electron chi connectivity index (χ1n) is 4.98. The first-order chi connectivity index (χ1) is 8.74. The number of aliphatic carboxylic acids is 2. The van der Waals surface area contributed by atoms with E-state index in [1.807, 2.05) is 0 Å². The number of aliphatic hydroxyl groups excluding tert-OH is 6.